The van der Waals surface area contributed by atoms with Crippen molar-refractivity contribution in [2.45, 2.75) is 38.7 Å². The van der Waals surface area contributed by atoms with Crippen LogP contribution in [0.25, 0.3) is 0 Å². The van der Waals surface area contributed by atoms with E-state index in [1.54, 1.807) is 45.0 Å². The molecule has 0 bridgehead atoms. The number of nitrogens with one attached hydrogen (secondary N) is 1. The number of hydrogen-bond acceptors (Lipinski definition) is 5. The molecular formula is C29H26F3FeN3O3S. The summed E-state index contributed by atoms with van der Waals surface area (Å²) in [5.74, 6) is 0.775. The summed E-state index contributed by atoms with van der Waals surface area (Å²) >= 11 is 1.09. The monoisotopic (exact) mass is 609 g/mol. The van der Waals surface area contributed by atoms with Crippen molar-refractivity contribution in [2.24, 2.45) is 0 Å². The second-order valence-electron chi connectivity index (χ2n) is 9.22. The standard InChI is InChI=1S/C24H21F3N3O3S.C5H5.Fe/c1-5-19-28-18(14-34-19)22(32)30(16-10-12-17(13-11-16)33-24(25,26)27)20(15-8-6-7-9-15)21(31)29-23(2,3)4;1-2-4-5-3-1;/h1,6-14,20H,2-4H3,(H,29,31);1-5H;/q2*-1;+2. The number of amides is 2. The first-order chi connectivity index (χ1) is 18.4. The summed E-state index contributed by atoms with van der Waals surface area (Å²) in [6.45, 7) is 5.38. The van der Waals surface area contributed by atoms with Crippen LogP contribution in [0.5, 0.6) is 5.75 Å². The van der Waals surface area contributed by atoms with E-state index in [0.29, 0.717) is 5.56 Å². The van der Waals surface area contributed by atoms with Gasteiger partial charge in [0, 0.05) is 16.6 Å². The first kappa shape index (κ1) is 32.4. The first-order valence-corrected chi connectivity index (χ1v) is 12.6. The van der Waals surface area contributed by atoms with Crippen molar-refractivity contribution in [2.75, 3.05) is 4.90 Å². The van der Waals surface area contributed by atoms with Gasteiger partial charge in [-0.15, -0.1) is 30.9 Å². The van der Waals surface area contributed by atoms with E-state index < -0.39 is 35.5 Å². The SMILES string of the molecule is C#Cc1nc(C(=O)N(c2ccc(OC(F)(F)F)cc2)C(C(=O)NC(C)(C)C)c2cc[cH-]c2)cs1.[Fe+2].c1cc[cH-]c1. The molecule has 0 aliphatic rings. The van der Waals surface area contributed by atoms with E-state index in [2.05, 4.69) is 21.0 Å². The number of rotatable bonds is 6. The minimum Gasteiger partial charge on any atom is -0.406 e. The van der Waals surface area contributed by atoms with Crippen LogP contribution in [-0.2, 0) is 21.9 Å². The summed E-state index contributed by atoms with van der Waals surface area (Å²) in [6, 6.07) is 20.4. The van der Waals surface area contributed by atoms with Gasteiger partial charge in [-0.05, 0) is 51.0 Å². The van der Waals surface area contributed by atoms with Crippen LogP contribution in [0, 0.1) is 12.3 Å². The van der Waals surface area contributed by atoms with Crippen molar-refractivity contribution in [1.82, 2.24) is 10.3 Å². The zero-order chi connectivity index (χ0) is 28.6. The molecule has 1 atom stereocenters. The number of nitrogens with zero attached hydrogens (tertiary/aromatic N) is 2. The van der Waals surface area contributed by atoms with Gasteiger partial charge in [0.05, 0.1) is 6.04 Å². The Hall–Kier alpha value is -3.84. The van der Waals surface area contributed by atoms with Crippen molar-refractivity contribution >= 4 is 28.8 Å². The van der Waals surface area contributed by atoms with E-state index in [4.69, 9.17) is 6.42 Å². The van der Waals surface area contributed by atoms with E-state index in [9.17, 15) is 22.8 Å². The average Bonchev–Trinajstić information content (AvgIpc) is 3.64. The molecule has 4 rings (SSSR count). The van der Waals surface area contributed by atoms with Gasteiger partial charge in [0.1, 0.15) is 11.4 Å². The molecule has 0 radical (unpaired) electrons. The molecular weight excluding hydrogens is 583 g/mol. The van der Waals surface area contributed by atoms with Crippen LogP contribution in [-0.4, -0.2) is 28.7 Å². The minimum absolute atomic E-state index is 0. The number of hydrogen-bond donors (Lipinski definition) is 1. The Labute approximate surface area is 245 Å². The van der Waals surface area contributed by atoms with E-state index in [0.717, 1.165) is 23.5 Å². The van der Waals surface area contributed by atoms with Gasteiger partial charge in [-0.2, -0.15) is 42.0 Å². The summed E-state index contributed by atoms with van der Waals surface area (Å²) in [4.78, 5) is 32.3. The smallest absolute Gasteiger partial charge is 0.406 e. The van der Waals surface area contributed by atoms with Crippen molar-refractivity contribution in [1.29, 1.82) is 0 Å². The molecule has 1 aromatic heterocycles. The van der Waals surface area contributed by atoms with Gasteiger partial charge in [-0.1, -0.05) is 0 Å². The second-order valence-corrected chi connectivity index (χ2v) is 10.1. The van der Waals surface area contributed by atoms with Gasteiger partial charge in [0.2, 0.25) is 5.91 Å². The predicted molar refractivity (Wildman–Crippen MR) is 145 cm³/mol. The van der Waals surface area contributed by atoms with Crippen molar-refractivity contribution in [3.63, 3.8) is 0 Å². The van der Waals surface area contributed by atoms with Gasteiger partial charge in [0.25, 0.3) is 5.91 Å². The number of carbonyl (C=O) groups is 2. The average molecular weight is 609 g/mol. The largest absolute Gasteiger partial charge is 2.00 e. The first-order valence-electron chi connectivity index (χ1n) is 11.7. The van der Waals surface area contributed by atoms with Gasteiger partial charge in [-0.3, -0.25) is 9.59 Å². The molecule has 210 valence electrons. The Kier molecular flexibility index (Phi) is 11.3. The molecule has 1 heterocycles. The number of ether oxygens (including phenoxy) is 1. The number of benzene rings is 1. The van der Waals surface area contributed by atoms with Crippen LogP contribution in [0.1, 0.15) is 47.9 Å². The molecule has 6 nitrogen and oxygen atoms in total. The normalized spacial score (nSPS) is 11.6. The summed E-state index contributed by atoms with van der Waals surface area (Å²) in [6.07, 6.45) is 0.508. The predicted octanol–water partition coefficient (Wildman–Crippen LogP) is 6.45. The molecule has 0 saturated heterocycles. The molecule has 3 aromatic carbocycles. The quantitative estimate of drug-likeness (QED) is 0.155. The minimum atomic E-state index is -4.87. The summed E-state index contributed by atoms with van der Waals surface area (Å²) in [5, 5.41) is 4.61. The zero-order valence-electron chi connectivity index (χ0n) is 21.8. The number of thiazole rings is 1. The number of carbonyl (C=O) groups excluding carboxylic acids is 2. The van der Waals surface area contributed by atoms with Crippen molar-refractivity contribution in [3.05, 3.63) is 101 Å². The molecule has 4 aromatic rings. The second kappa shape index (κ2) is 14.0. The summed E-state index contributed by atoms with van der Waals surface area (Å²) in [5.41, 5.74) is 0.0787. The molecule has 1 unspecified atom stereocenters. The molecule has 40 heavy (non-hydrogen) atoms. The Bertz CT molecular complexity index is 1370. The molecule has 0 aliphatic heterocycles. The van der Waals surface area contributed by atoms with E-state index >= 15 is 0 Å². The molecule has 0 spiro atoms. The fourth-order valence-electron chi connectivity index (χ4n) is 3.50. The van der Waals surface area contributed by atoms with Gasteiger partial charge in [-0.25, -0.2) is 23.2 Å². The van der Waals surface area contributed by atoms with Crippen LogP contribution in [0.4, 0.5) is 18.9 Å². The molecule has 0 aliphatic carbocycles. The molecule has 0 saturated carbocycles. The zero-order valence-corrected chi connectivity index (χ0v) is 23.7. The number of anilines is 1. The topological polar surface area (TPSA) is 71.5 Å². The Morgan fingerprint density at radius 3 is 2.17 bits per heavy atom. The summed E-state index contributed by atoms with van der Waals surface area (Å²) < 4.78 is 41.7. The number of terminal acetylenes is 1. The maximum atomic E-state index is 13.6. The third kappa shape index (κ3) is 9.42. The third-order valence-electron chi connectivity index (χ3n) is 4.98. The number of alkyl halides is 3. The van der Waals surface area contributed by atoms with Crippen LogP contribution < -0.4 is 15.0 Å². The Morgan fingerprint density at radius 1 is 1.07 bits per heavy atom. The van der Waals surface area contributed by atoms with E-state index in [-0.39, 0.29) is 33.5 Å². The van der Waals surface area contributed by atoms with Crippen LogP contribution in [0.3, 0.4) is 0 Å². The summed E-state index contributed by atoms with van der Waals surface area (Å²) in [7, 11) is 0. The fraction of sp³-hybridized carbons (Fsp3) is 0.207. The van der Waals surface area contributed by atoms with Crippen LogP contribution in [0.2, 0.25) is 0 Å². The fourth-order valence-corrected chi connectivity index (χ4v) is 4.10. The number of aromatic nitrogens is 1. The maximum Gasteiger partial charge on any atom is 2.00 e. The molecule has 0 fully saturated rings. The van der Waals surface area contributed by atoms with Crippen molar-refractivity contribution in [3.8, 4) is 18.1 Å². The van der Waals surface area contributed by atoms with Gasteiger partial charge in [0.15, 0.2) is 5.01 Å². The maximum absolute atomic E-state index is 13.6. The van der Waals surface area contributed by atoms with E-state index in [1.165, 1.54) is 22.4 Å². The number of halogens is 3. The van der Waals surface area contributed by atoms with E-state index in [1.807, 2.05) is 30.3 Å². The molecule has 2 amide bonds. The van der Waals surface area contributed by atoms with Gasteiger partial charge < -0.3 is 15.0 Å². The molecule has 1 N–H and O–H groups in total. The van der Waals surface area contributed by atoms with Crippen molar-refractivity contribution < 1.29 is 44.6 Å². The Balaban J connectivity index is 0.000000840. The van der Waals surface area contributed by atoms with Gasteiger partial charge >= 0.3 is 23.4 Å². The van der Waals surface area contributed by atoms with Crippen LogP contribution in [0.15, 0.2) is 84.2 Å². The molecule has 11 heteroatoms. The van der Waals surface area contributed by atoms with Crippen LogP contribution >= 0.6 is 11.3 Å². The Morgan fingerprint density at radius 2 is 1.73 bits per heavy atom. The third-order valence-corrected chi connectivity index (χ3v) is 5.75.